The summed E-state index contributed by atoms with van der Waals surface area (Å²) >= 11 is 0. The number of nitrogens with one attached hydrogen (secondary N) is 1. The van der Waals surface area contributed by atoms with Gasteiger partial charge in [0.2, 0.25) is 5.91 Å². The van der Waals surface area contributed by atoms with Crippen molar-refractivity contribution in [2.75, 3.05) is 51.3 Å². The van der Waals surface area contributed by atoms with E-state index >= 15 is 0 Å². The molecule has 6 aliphatic rings. The zero-order valence-corrected chi connectivity index (χ0v) is 21.4. The monoisotopic (exact) mass is 496 g/mol. The molecular weight excluding hydrogens is 456 g/mol. The van der Waals surface area contributed by atoms with E-state index in [1.807, 2.05) is 28.0 Å². The van der Waals surface area contributed by atoms with Crippen LogP contribution in [0.1, 0.15) is 44.9 Å². The summed E-state index contributed by atoms with van der Waals surface area (Å²) in [6.07, 6.45) is 6.45. The first-order chi connectivity index (χ1) is 17.4. The van der Waals surface area contributed by atoms with Gasteiger partial charge in [-0.1, -0.05) is 6.07 Å². The molecule has 6 fully saturated rings. The molecule has 36 heavy (non-hydrogen) atoms. The third-order valence-corrected chi connectivity index (χ3v) is 9.70. The molecule has 4 saturated carbocycles. The number of carbonyl (C=O) groups excluding carboxylic acids is 2. The van der Waals surface area contributed by atoms with E-state index in [1.165, 1.54) is 0 Å². The van der Waals surface area contributed by atoms with E-state index in [9.17, 15) is 14.7 Å². The van der Waals surface area contributed by atoms with Crippen molar-refractivity contribution in [1.29, 1.82) is 0 Å². The number of likely N-dealkylation sites (tertiary alicyclic amines) is 1. The molecule has 3 amide bonds. The fourth-order valence-corrected chi connectivity index (χ4v) is 8.05. The van der Waals surface area contributed by atoms with Gasteiger partial charge in [0.15, 0.2) is 0 Å². The highest BCUT2D eigenvalue weighted by Crippen LogP contribution is 2.60. The van der Waals surface area contributed by atoms with Crippen molar-refractivity contribution < 1.29 is 19.4 Å². The molecule has 2 N–H and O–H groups in total. The molecule has 4 aliphatic carbocycles. The number of aliphatic hydroxyl groups is 1. The zero-order valence-electron chi connectivity index (χ0n) is 21.4. The molecule has 2 unspecified atom stereocenters. The Morgan fingerprint density at radius 2 is 1.78 bits per heavy atom. The molecular formula is C28H40N4O4. The van der Waals surface area contributed by atoms with E-state index < -0.39 is 0 Å². The van der Waals surface area contributed by atoms with Crippen molar-refractivity contribution in [3.8, 4) is 5.75 Å². The number of hydrogen-bond acceptors (Lipinski definition) is 5. The van der Waals surface area contributed by atoms with Crippen molar-refractivity contribution >= 4 is 17.6 Å². The normalized spacial score (nSPS) is 35.6. The van der Waals surface area contributed by atoms with Gasteiger partial charge >= 0.3 is 6.03 Å². The van der Waals surface area contributed by atoms with E-state index in [-0.39, 0.29) is 29.5 Å². The molecule has 2 saturated heterocycles. The Morgan fingerprint density at radius 3 is 2.50 bits per heavy atom. The summed E-state index contributed by atoms with van der Waals surface area (Å²) in [4.78, 5) is 33.1. The van der Waals surface area contributed by atoms with Gasteiger partial charge in [-0.3, -0.25) is 4.79 Å². The van der Waals surface area contributed by atoms with E-state index in [0.29, 0.717) is 37.4 Å². The molecule has 3 atom stereocenters. The Balaban J connectivity index is 1.03. The Kier molecular flexibility index (Phi) is 6.26. The molecule has 8 heteroatoms. The van der Waals surface area contributed by atoms with Crippen LogP contribution in [0.15, 0.2) is 24.3 Å². The lowest BCUT2D eigenvalue weighted by Gasteiger charge is -2.58. The van der Waals surface area contributed by atoms with Crippen LogP contribution in [0, 0.1) is 23.2 Å². The highest BCUT2D eigenvalue weighted by Gasteiger charge is 2.58. The van der Waals surface area contributed by atoms with Crippen molar-refractivity contribution in [3.63, 3.8) is 0 Å². The van der Waals surface area contributed by atoms with Gasteiger partial charge in [-0.25, -0.2) is 4.79 Å². The number of hydrogen-bond donors (Lipinski definition) is 2. The fourth-order valence-electron chi connectivity index (χ4n) is 8.05. The number of aliphatic hydroxyl groups excluding tert-OH is 1. The smallest absolute Gasteiger partial charge is 0.320 e. The van der Waals surface area contributed by atoms with Crippen LogP contribution < -0.4 is 15.0 Å². The maximum Gasteiger partial charge on any atom is 0.320 e. The Bertz CT molecular complexity index is 978. The largest absolute Gasteiger partial charge is 0.497 e. The number of rotatable bonds is 4. The van der Waals surface area contributed by atoms with E-state index in [1.54, 1.807) is 7.11 Å². The summed E-state index contributed by atoms with van der Waals surface area (Å²) in [5, 5.41) is 13.9. The minimum atomic E-state index is -0.293. The third-order valence-electron chi connectivity index (χ3n) is 9.70. The maximum atomic E-state index is 13.5. The van der Waals surface area contributed by atoms with E-state index in [2.05, 4.69) is 16.3 Å². The lowest BCUT2D eigenvalue weighted by molar-refractivity contribution is -0.163. The zero-order chi connectivity index (χ0) is 24.9. The van der Waals surface area contributed by atoms with Crippen molar-refractivity contribution in [3.05, 3.63) is 24.3 Å². The summed E-state index contributed by atoms with van der Waals surface area (Å²) in [6, 6.07) is 8.19. The maximum absolute atomic E-state index is 13.5. The van der Waals surface area contributed by atoms with E-state index in [4.69, 9.17) is 4.74 Å². The van der Waals surface area contributed by atoms with Crippen molar-refractivity contribution in [1.82, 2.24) is 15.1 Å². The minimum absolute atomic E-state index is 0.0196. The first-order valence-electron chi connectivity index (χ1n) is 13.9. The van der Waals surface area contributed by atoms with Crippen molar-refractivity contribution in [2.24, 2.45) is 23.2 Å². The molecule has 8 nitrogen and oxygen atoms in total. The number of methoxy groups -OCH3 is 1. The molecule has 196 valence electrons. The van der Waals surface area contributed by atoms with Crippen LogP contribution in [-0.4, -0.2) is 85.4 Å². The number of carbonyl (C=O) groups is 2. The average molecular weight is 497 g/mol. The first-order valence-corrected chi connectivity index (χ1v) is 13.9. The van der Waals surface area contributed by atoms with Crippen LogP contribution in [0.4, 0.5) is 10.5 Å². The molecule has 0 radical (unpaired) electrons. The van der Waals surface area contributed by atoms with E-state index in [0.717, 1.165) is 76.0 Å². The Morgan fingerprint density at radius 1 is 1.03 bits per heavy atom. The van der Waals surface area contributed by atoms with Crippen LogP contribution in [0.25, 0.3) is 0 Å². The van der Waals surface area contributed by atoms with Crippen LogP contribution in [0.5, 0.6) is 5.75 Å². The number of amides is 3. The van der Waals surface area contributed by atoms with Gasteiger partial charge in [-0.05, 0) is 74.8 Å². The molecule has 1 aromatic rings. The van der Waals surface area contributed by atoms with Gasteiger partial charge in [-0.15, -0.1) is 0 Å². The second-order valence-electron chi connectivity index (χ2n) is 12.0. The summed E-state index contributed by atoms with van der Waals surface area (Å²) in [5.74, 6) is 2.21. The summed E-state index contributed by atoms with van der Waals surface area (Å²) in [7, 11) is 1.68. The molecule has 2 aliphatic heterocycles. The molecule has 0 spiro atoms. The molecule has 7 rings (SSSR count). The van der Waals surface area contributed by atoms with Gasteiger partial charge in [-0.2, -0.15) is 0 Å². The lowest BCUT2D eigenvalue weighted by atomic mass is 9.48. The lowest BCUT2D eigenvalue weighted by Crippen LogP contribution is -2.61. The van der Waals surface area contributed by atoms with Crippen LogP contribution in [-0.2, 0) is 4.79 Å². The predicted molar refractivity (Wildman–Crippen MR) is 137 cm³/mol. The fraction of sp³-hybridized carbons (Fsp3) is 0.714. The standard InChI is InChI=1S/C28H40N4O4/c1-36-24-6-2-5-23(14-24)30-8-10-31(11-9-30)27(35)32-7-3-4-22(18-32)29-26(34)28-15-19-12-20(16-28)25(33)21(13-19)17-28/h2,5-6,14,19-22,25,33H,3-4,7-13,15-18H2,1H3,(H,29,34)/t19?,20?,21?,22-,25?,28?/m0/s1. The first kappa shape index (κ1) is 23.9. The topological polar surface area (TPSA) is 85.4 Å². The van der Waals surface area contributed by atoms with Gasteiger partial charge < -0.3 is 29.9 Å². The number of anilines is 1. The molecule has 0 aromatic heterocycles. The number of piperidine rings is 1. The predicted octanol–water partition coefficient (Wildman–Crippen LogP) is 2.71. The third kappa shape index (κ3) is 4.31. The second kappa shape index (κ2) is 9.43. The Hall–Kier alpha value is -2.48. The molecule has 4 bridgehead atoms. The SMILES string of the molecule is COc1cccc(N2CCN(C(=O)N3CCC[C@H](NC(=O)C45CC6CC(C4)C(O)C(C6)C5)C3)CC2)c1. The second-order valence-corrected chi connectivity index (χ2v) is 12.0. The van der Waals surface area contributed by atoms with Crippen molar-refractivity contribution in [2.45, 2.75) is 57.1 Å². The van der Waals surface area contributed by atoms with Crippen LogP contribution in [0.3, 0.4) is 0 Å². The van der Waals surface area contributed by atoms with Gasteiger partial charge in [0.25, 0.3) is 0 Å². The van der Waals surface area contributed by atoms with Gasteiger partial charge in [0.05, 0.1) is 18.6 Å². The average Bonchev–Trinajstić information content (AvgIpc) is 2.91. The quantitative estimate of drug-likeness (QED) is 0.670. The highest BCUT2D eigenvalue weighted by molar-refractivity contribution is 5.83. The van der Waals surface area contributed by atoms with Gasteiger partial charge in [0, 0.05) is 57.1 Å². The summed E-state index contributed by atoms with van der Waals surface area (Å²) in [5.41, 5.74) is 0.831. The molecule has 1 aromatic carbocycles. The molecule has 2 heterocycles. The van der Waals surface area contributed by atoms with Gasteiger partial charge in [0.1, 0.15) is 5.75 Å². The van der Waals surface area contributed by atoms with Crippen LogP contribution >= 0.6 is 0 Å². The van der Waals surface area contributed by atoms with Crippen LogP contribution in [0.2, 0.25) is 0 Å². The number of ether oxygens (including phenoxy) is 1. The Labute approximate surface area is 213 Å². The minimum Gasteiger partial charge on any atom is -0.497 e. The number of piperazine rings is 1. The highest BCUT2D eigenvalue weighted by atomic mass is 16.5. The summed E-state index contributed by atoms with van der Waals surface area (Å²) in [6.45, 7) is 4.33. The number of urea groups is 1. The summed E-state index contributed by atoms with van der Waals surface area (Å²) < 4.78 is 5.36. The number of benzene rings is 1. The number of nitrogens with zero attached hydrogens (tertiary/aromatic N) is 3.